The lowest BCUT2D eigenvalue weighted by molar-refractivity contribution is -0.139. The molecule has 0 aliphatic heterocycles. The molecule has 100 valence electrons. The Balaban J connectivity index is 2.82. The van der Waals surface area contributed by atoms with Gasteiger partial charge in [-0.15, -0.1) is 0 Å². The predicted octanol–water partition coefficient (Wildman–Crippen LogP) is 1.42. The number of rotatable bonds is 6. The fourth-order valence-corrected chi connectivity index (χ4v) is 2.46. The lowest BCUT2D eigenvalue weighted by Gasteiger charge is -2.06. The molecule has 18 heavy (non-hydrogen) atoms. The Labute approximate surface area is 107 Å². The molecule has 0 N–H and O–H groups in total. The van der Waals surface area contributed by atoms with Crippen molar-refractivity contribution in [3.63, 3.8) is 0 Å². The summed E-state index contributed by atoms with van der Waals surface area (Å²) in [5, 5.41) is 0. The zero-order valence-electron chi connectivity index (χ0n) is 10.4. The third-order valence-corrected chi connectivity index (χ3v) is 3.71. The molecular formula is C12H16O5S. The molecule has 0 amide bonds. The van der Waals surface area contributed by atoms with Gasteiger partial charge in [0.25, 0.3) is 0 Å². The maximum Gasteiger partial charge on any atom is 0.321 e. The Morgan fingerprint density at radius 3 is 2.22 bits per heavy atom. The van der Waals surface area contributed by atoms with Gasteiger partial charge in [0.15, 0.2) is 15.6 Å². The molecule has 1 aromatic carbocycles. The molecule has 0 heterocycles. The van der Waals surface area contributed by atoms with E-state index in [1.165, 1.54) is 12.1 Å². The second-order valence-corrected chi connectivity index (χ2v) is 5.46. The summed E-state index contributed by atoms with van der Waals surface area (Å²) in [6, 6.07) is 5.95. The molecular weight excluding hydrogens is 256 g/mol. The molecule has 0 atom stereocenters. The highest BCUT2D eigenvalue weighted by Gasteiger charge is 2.20. The van der Waals surface area contributed by atoms with E-state index in [9.17, 15) is 13.2 Å². The minimum Gasteiger partial charge on any atom is -0.494 e. The Hall–Kier alpha value is -1.56. The van der Waals surface area contributed by atoms with Gasteiger partial charge in [-0.25, -0.2) is 8.42 Å². The number of hydrogen-bond acceptors (Lipinski definition) is 5. The highest BCUT2D eigenvalue weighted by atomic mass is 32.2. The van der Waals surface area contributed by atoms with Gasteiger partial charge in [0.1, 0.15) is 5.75 Å². The van der Waals surface area contributed by atoms with Crippen molar-refractivity contribution in [1.29, 1.82) is 0 Å². The van der Waals surface area contributed by atoms with E-state index in [4.69, 9.17) is 4.74 Å². The van der Waals surface area contributed by atoms with Crippen molar-refractivity contribution in [2.45, 2.75) is 18.7 Å². The minimum absolute atomic E-state index is 0.0824. The van der Waals surface area contributed by atoms with Crippen LogP contribution >= 0.6 is 0 Å². The maximum atomic E-state index is 11.8. The van der Waals surface area contributed by atoms with E-state index in [-0.39, 0.29) is 11.5 Å². The third kappa shape index (κ3) is 4.03. The quantitative estimate of drug-likeness (QED) is 0.732. The van der Waals surface area contributed by atoms with Crippen molar-refractivity contribution >= 4 is 15.8 Å². The molecule has 0 radical (unpaired) electrons. The summed E-state index contributed by atoms with van der Waals surface area (Å²) < 4.78 is 33.5. The monoisotopic (exact) mass is 272 g/mol. The molecule has 5 nitrogen and oxygen atoms in total. The van der Waals surface area contributed by atoms with Crippen molar-refractivity contribution in [3.8, 4) is 5.75 Å². The maximum absolute atomic E-state index is 11.8. The Morgan fingerprint density at radius 1 is 1.11 bits per heavy atom. The van der Waals surface area contributed by atoms with Gasteiger partial charge in [-0.3, -0.25) is 4.79 Å². The van der Waals surface area contributed by atoms with E-state index in [0.717, 1.165) is 0 Å². The van der Waals surface area contributed by atoms with Crippen LogP contribution in [0.2, 0.25) is 0 Å². The minimum atomic E-state index is -3.64. The number of benzene rings is 1. The first-order valence-corrected chi connectivity index (χ1v) is 7.26. The van der Waals surface area contributed by atoms with Gasteiger partial charge >= 0.3 is 5.97 Å². The van der Waals surface area contributed by atoms with Crippen molar-refractivity contribution in [3.05, 3.63) is 24.3 Å². The molecule has 0 unspecified atom stereocenters. The molecule has 1 rings (SSSR count). The van der Waals surface area contributed by atoms with Gasteiger partial charge in [-0.2, -0.15) is 0 Å². The third-order valence-electron chi connectivity index (χ3n) is 2.11. The summed E-state index contributed by atoms with van der Waals surface area (Å²) in [6.45, 7) is 4.14. The first kappa shape index (κ1) is 14.5. The number of hydrogen-bond donors (Lipinski definition) is 0. The van der Waals surface area contributed by atoms with Gasteiger partial charge < -0.3 is 9.47 Å². The summed E-state index contributed by atoms with van der Waals surface area (Å²) in [4.78, 5) is 11.3. The van der Waals surface area contributed by atoms with Gasteiger partial charge in [0.2, 0.25) is 0 Å². The zero-order valence-corrected chi connectivity index (χ0v) is 11.2. The fourth-order valence-electron chi connectivity index (χ4n) is 1.35. The zero-order chi connectivity index (χ0) is 13.6. The van der Waals surface area contributed by atoms with Crippen molar-refractivity contribution in [2.75, 3.05) is 19.0 Å². The van der Waals surface area contributed by atoms with Crippen molar-refractivity contribution in [2.24, 2.45) is 0 Å². The van der Waals surface area contributed by atoms with Crippen LogP contribution in [0.3, 0.4) is 0 Å². The molecule has 0 saturated heterocycles. The summed E-state index contributed by atoms with van der Waals surface area (Å²) >= 11 is 0. The highest BCUT2D eigenvalue weighted by molar-refractivity contribution is 7.92. The van der Waals surface area contributed by atoms with E-state index >= 15 is 0 Å². The Bertz CT molecular complexity index is 490. The SMILES string of the molecule is CCOC(=O)CS(=O)(=O)c1ccc(OCC)cc1. The van der Waals surface area contributed by atoms with E-state index in [0.29, 0.717) is 12.4 Å². The molecule has 0 spiro atoms. The molecule has 0 aliphatic rings. The van der Waals surface area contributed by atoms with Crippen LogP contribution in [0, 0.1) is 0 Å². The summed E-state index contributed by atoms with van der Waals surface area (Å²) in [5.74, 6) is -0.798. The fraction of sp³-hybridized carbons (Fsp3) is 0.417. The Kier molecular flexibility index (Phi) is 5.15. The van der Waals surface area contributed by atoms with E-state index in [1.54, 1.807) is 19.1 Å². The second kappa shape index (κ2) is 6.39. The smallest absolute Gasteiger partial charge is 0.321 e. The van der Waals surface area contributed by atoms with Crippen LogP contribution in [-0.2, 0) is 19.4 Å². The standard InChI is InChI=1S/C12H16O5S/c1-3-16-10-5-7-11(8-6-10)18(14,15)9-12(13)17-4-2/h5-8H,3-4,9H2,1-2H3. The second-order valence-electron chi connectivity index (χ2n) is 3.47. The van der Waals surface area contributed by atoms with Crippen LogP contribution in [0.4, 0.5) is 0 Å². The van der Waals surface area contributed by atoms with Crippen LogP contribution in [0.5, 0.6) is 5.75 Å². The largest absolute Gasteiger partial charge is 0.494 e. The van der Waals surface area contributed by atoms with E-state index in [1.807, 2.05) is 6.92 Å². The Morgan fingerprint density at radius 2 is 1.72 bits per heavy atom. The van der Waals surface area contributed by atoms with Gasteiger partial charge in [-0.1, -0.05) is 0 Å². The van der Waals surface area contributed by atoms with Crippen LogP contribution in [0.1, 0.15) is 13.8 Å². The average molecular weight is 272 g/mol. The molecule has 1 aromatic rings. The molecule has 0 fully saturated rings. The number of sulfone groups is 1. The normalized spacial score (nSPS) is 11.0. The van der Waals surface area contributed by atoms with Gasteiger partial charge in [0, 0.05) is 0 Å². The van der Waals surface area contributed by atoms with Crippen LogP contribution in [0.25, 0.3) is 0 Å². The lowest BCUT2D eigenvalue weighted by Crippen LogP contribution is -2.18. The topological polar surface area (TPSA) is 69.7 Å². The van der Waals surface area contributed by atoms with Crippen LogP contribution in [-0.4, -0.2) is 33.4 Å². The van der Waals surface area contributed by atoms with Gasteiger partial charge in [-0.05, 0) is 38.1 Å². The first-order chi connectivity index (χ1) is 8.49. The van der Waals surface area contributed by atoms with Crippen molar-refractivity contribution in [1.82, 2.24) is 0 Å². The summed E-state index contributed by atoms with van der Waals surface area (Å²) in [7, 11) is -3.64. The van der Waals surface area contributed by atoms with Crippen LogP contribution in [0.15, 0.2) is 29.2 Å². The summed E-state index contributed by atoms with van der Waals surface area (Å²) in [5.41, 5.74) is 0. The first-order valence-electron chi connectivity index (χ1n) is 5.60. The van der Waals surface area contributed by atoms with E-state index < -0.39 is 21.6 Å². The highest BCUT2D eigenvalue weighted by Crippen LogP contribution is 2.17. The lowest BCUT2D eigenvalue weighted by atomic mass is 10.3. The predicted molar refractivity (Wildman–Crippen MR) is 66.3 cm³/mol. The molecule has 0 saturated carbocycles. The number of esters is 1. The van der Waals surface area contributed by atoms with Crippen LogP contribution < -0.4 is 4.74 Å². The average Bonchev–Trinajstić information content (AvgIpc) is 2.29. The summed E-state index contributed by atoms with van der Waals surface area (Å²) in [6.07, 6.45) is 0. The molecule has 0 aliphatic carbocycles. The number of carbonyl (C=O) groups excluding carboxylic acids is 1. The number of carbonyl (C=O) groups is 1. The van der Waals surface area contributed by atoms with E-state index in [2.05, 4.69) is 4.74 Å². The number of ether oxygens (including phenoxy) is 2. The molecule has 0 aromatic heterocycles. The molecule has 0 bridgehead atoms. The van der Waals surface area contributed by atoms with Crippen molar-refractivity contribution < 1.29 is 22.7 Å². The molecule has 6 heteroatoms. The van der Waals surface area contributed by atoms with Gasteiger partial charge in [0.05, 0.1) is 18.1 Å².